The fourth-order valence-electron chi connectivity index (χ4n) is 4.70. The van der Waals surface area contributed by atoms with E-state index in [0.29, 0.717) is 13.0 Å². The molecular weight excluding hydrogens is 382 g/mol. The van der Waals surface area contributed by atoms with Gasteiger partial charge in [-0.15, -0.1) is 0 Å². The zero-order valence-electron chi connectivity index (χ0n) is 17.2. The normalized spacial score (nSPS) is 20.1. The van der Waals surface area contributed by atoms with Gasteiger partial charge >= 0.3 is 0 Å². The molecule has 4 rings (SSSR count). The van der Waals surface area contributed by atoms with Crippen molar-refractivity contribution >= 4 is 17.3 Å². The van der Waals surface area contributed by atoms with E-state index in [-0.39, 0.29) is 28.5 Å². The number of hydrogen-bond acceptors (Lipinski definition) is 5. The molecule has 0 unspecified atom stereocenters. The second-order valence-electron chi connectivity index (χ2n) is 8.03. The van der Waals surface area contributed by atoms with Crippen LogP contribution >= 0.6 is 0 Å². The predicted molar refractivity (Wildman–Crippen MR) is 115 cm³/mol. The first-order valence-electron chi connectivity index (χ1n) is 10.5. The van der Waals surface area contributed by atoms with Gasteiger partial charge in [-0.2, -0.15) is 0 Å². The summed E-state index contributed by atoms with van der Waals surface area (Å²) in [7, 11) is 1.64. The summed E-state index contributed by atoms with van der Waals surface area (Å²) in [5.74, 6) is 0.670. The number of hydrogen-bond donors (Lipinski definition) is 1. The van der Waals surface area contributed by atoms with Crippen LogP contribution in [0.1, 0.15) is 30.4 Å². The molecule has 0 aromatic heterocycles. The lowest BCUT2D eigenvalue weighted by Crippen LogP contribution is -2.53. The molecule has 1 N–H and O–H groups in total. The molecule has 0 bridgehead atoms. The number of methoxy groups -OCH3 is 1. The zero-order chi connectivity index (χ0) is 21.1. The number of non-ortho nitro benzene ring substituents is 1. The summed E-state index contributed by atoms with van der Waals surface area (Å²) in [5, 5.41) is 14.3. The van der Waals surface area contributed by atoms with Gasteiger partial charge in [-0.25, -0.2) is 0 Å². The predicted octanol–water partition coefficient (Wildman–Crippen LogP) is 3.49. The summed E-state index contributed by atoms with van der Waals surface area (Å²) < 4.78 is 5.18. The topological polar surface area (TPSA) is 84.7 Å². The maximum Gasteiger partial charge on any atom is 0.269 e. The van der Waals surface area contributed by atoms with Crippen molar-refractivity contribution in [3.8, 4) is 5.75 Å². The van der Waals surface area contributed by atoms with Crippen LogP contribution in [-0.2, 0) is 17.6 Å². The van der Waals surface area contributed by atoms with E-state index in [1.165, 1.54) is 0 Å². The van der Waals surface area contributed by atoms with E-state index < -0.39 is 0 Å². The smallest absolute Gasteiger partial charge is 0.269 e. The largest absolute Gasteiger partial charge is 0.497 e. The molecule has 30 heavy (non-hydrogen) atoms. The molecule has 1 fully saturated rings. The average molecular weight is 409 g/mol. The van der Waals surface area contributed by atoms with Gasteiger partial charge in [0.15, 0.2) is 0 Å². The van der Waals surface area contributed by atoms with Crippen LogP contribution in [-0.4, -0.2) is 37.1 Å². The molecule has 7 nitrogen and oxygen atoms in total. The van der Waals surface area contributed by atoms with Crippen molar-refractivity contribution < 1.29 is 14.5 Å². The molecule has 0 spiro atoms. The Labute approximate surface area is 176 Å². The van der Waals surface area contributed by atoms with Crippen molar-refractivity contribution in [2.45, 2.75) is 38.1 Å². The van der Waals surface area contributed by atoms with Crippen molar-refractivity contribution in [3.05, 3.63) is 63.7 Å². The Balaban J connectivity index is 1.46. The Morgan fingerprint density at radius 1 is 1.23 bits per heavy atom. The summed E-state index contributed by atoms with van der Waals surface area (Å²) in [6.45, 7) is 1.46. The lowest BCUT2D eigenvalue weighted by molar-refractivity contribution is -0.384. The van der Waals surface area contributed by atoms with E-state index in [1.54, 1.807) is 19.2 Å². The molecule has 0 saturated carbocycles. The number of ether oxygens (including phenoxy) is 1. The molecule has 1 saturated heterocycles. The number of amides is 1. The van der Waals surface area contributed by atoms with Crippen molar-refractivity contribution in [2.75, 3.05) is 25.1 Å². The van der Waals surface area contributed by atoms with Gasteiger partial charge in [0.2, 0.25) is 5.91 Å². The molecule has 2 aliphatic heterocycles. The van der Waals surface area contributed by atoms with Crippen molar-refractivity contribution in [1.82, 2.24) is 5.32 Å². The van der Waals surface area contributed by atoms with Gasteiger partial charge in [-0.3, -0.25) is 14.9 Å². The minimum absolute atomic E-state index is 0.0394. The molecule has 1 amide bonds. The maximum absolute atomic E-state index is 13.1. The Bertz CT molecular complexity index is 929. The monoisotopic (exact) mass is 409 g/mol. The number of piperidine rings is 1. The van der Waals surface area contributed by atoms with Gasteiger partial charge in [-0.05, 0) is 61.4 Å². The van der Waals surface area contributed by atoms with Gasteiger partial charge in [0.05, 0.1) is 18.0 Å². The molecule has 0 radical (unpaired) electrons. The molecule has 2 aromatic carbocycles. The van der Waals surface area contributed by atoms with Crippen LogP contribution in [0, 0.1) is 16.0 Å². The Hall–Kier alpha value is -3.09. The zero-order valence-corrected chi connectivity index (χ0v) is 17.2. The summed E-state index contributed by atoms with van der Waals surface area (Å²) in [5.41, 5.74) is 3.17. The lowest BCUT2D eigenvalue weighted by atomic mass is 9.80. The second-order valence-corrected chi connectivity index (χ2v) is 8.03. The van der Waals surface area contributed by atoms with E-state index in [0.717, 1.165) is 54.8 Å². The van der Waals surface area contributed by atoms with Gasteiger partial charge in [-0.1, -0.05) is 12.1 Å². The first-order valence-corrected chi connectivity index (χ1v) is 10.5. The van der Waals surface area contributed by atoms with E-state index in [1.807, 2.05) is 30.3 Å². The molecule has 158 valence electrons. The minimum atomic E-state index is -0.369. The SMILES string of the molecule is COc1ccc(CCNC(=O)[C@@H]2Cc3cc([N+](=O)[O-])ccc3N3CCCC[C@@H]23)cc1. The Kier molecular flexibility index (Phi) is 5.88. The fourth-order valence-corrected chi connectivity index (χ4v) is 4.70. The van der Waals surface area contributed by atoms with Crippen LogP contribution in [0.4, 0.5) is 11.4 Å². The van der Waals surface area contributed by atoms with Crippen LogP contribution in [0.3, 0.4) is 0 Å². The molecule has 2 aromatic rings. The van der Waals surface area contributed by atoms with Crippen LogP contribution in [0.15, 0.2) is 42.5 Å². The molecule has 7 heteroatoms. The third kappa shape index (κ3) is 4.10. The lowest BCUT2D eigenvalue weighted by Gasteiger charge is -2.45. The number of carbonyl (C=O) groups excluding carboxylic acids is 1. The number of nitro groups is 1. The molecule has 2 atom stereocenters. The first-order chi connectivity index (χ1) is 14.6. The summed E-state index contributed by atoms with van der Waals surface area (Å²) >= 11 is 0. The maximum atomic E-state index is 13.1. The van der Waals surface area contributed by atoms with Gasteiger partial charge in [0.1, 0.15) is 5.75 Å². The fraction of sp³-hybridized carbons (Fsp3) is 0.435. The van der Waals surface area contributed by atoms with Gasteiger partial charge in [0, 0.05) is 37.0 Å². The first kappa shape index (κ1) is 20.2. The molecule has 2 heterocycles. The summed E-state index contributed by atoms with van der Waals surface area (Å²) in [6, 6.07) is 13.1. The highest BCUT2D eigenvalue weighted by Crippen LogP contribution is 2.39. The summed E-state index contributed by atoms with van der Waals surface area (Å²) in [4.78, 5) is 26.2. The highest BCUT2D eigenvalue weighted by atomic mass is 16.6. The number of benzene rings is 2. The minimum Gasteiger partial charge on any atom is -0.497 e. The third-order valence-corrected chi connectivity index (χ3v) is 6.25. The van der Waals surface area contributed by atoms with E-state index in [9.17, 15) is 14.9 Å². The van der Waals surface area contributed by atoms with Gasteiger partial charge < -0.3 is 15.0 Å². The van der Waals surface area contributed by atoms with Crippen LogP contribution in [0.5, 0.6) is 5.75 Å². The second kappa shape index (κ2) is 8.73. The highest BCUT2D eigenvalue weighted by molar-refractivity contribution is 5.82. The van der Waals surface area contributed by atoms with Crippen molar-refractivity contribution in [3.63, 3.8) is 0 Å². The third-order valence-electron chi connectivity index (χ3n) is 6.25. The van der Waals surface area contributed by atoms with E-state index in [4.69, 9.17) is 4.74 Å². The number of nitro benzene ring substituents is 1. The van der Waals surface area contributed by atoms with E-state index in [2.05, 4.69) is 10.2 Å². The van der Waals surface area contributed by atoms with Crippen LogP contribution in [0.2, 0.25) is 0 Å². The van der Waals surface area contributed by atoms with Crippen molar-refractivity contribution in [1.29, 1.82) is 0 Å². The molecular formula is C23H27N3O4. The Morgan fingerprint density at radius 2 is 2.03 bits per heavy atom. The quantitative estimate of drug-likeness (QED) is 0.583. The van der Waals surface area contributed by atoms with E-state index >= 15 is 0 Å². The number of carbonyl (C=O) groups is 1. The van der Waals surface area contributed by atoms with Gasteiger partial charge in [0.25, 0.3) is 5.69 Å². The summed E-state index contributed by atoms with van der Waals surface area (Å²) in [6.07, 6.45) is 4.47. The highest BCUT2D eigenvalue weighted by Gasteiger charge is 2.39. The van der Waals surface area contributed by atoms with Crippen molar-refractivity contribution in [2.24, 2.45) is 5.92 Å². The Morgan fingerprint density at radius 3 is 2.77 bits per heavy atom. The standard InChI is InChI=1S/C23H27N3O4/c1-30-19-8-5-16(6-9-19)11-12-24-23(27)20-15-17-14-18(26(28)29)7-10-21(17)25-13-3-2-4-22(20)25/h5-10,14,20,22H,2-4,11-13,15H2,1H3,(H,24,27)/t20-,22+/m1/s1. The number of nitrogens with zero attached hydrogens (tertiary/aromatic N) is 2. The number of nitrogens with one attached hydrogen (secondary N) is 1. The number of rotatable bonds is 6. The van der Waals surface area contributed by atoms with Crippen LogP contribution < -0.4 is 15.0 Å². The molecule has 2 aliphatic rings. The number of anilines is 1. The van der Waals surface area contributed by atoms with Crippen LogP contribution in [0.25, 0.3) is 0 Å². The molecule has 0 aliphatic carbocycles. The number of fused-ring (bicyclic) bond motifs is 3. The average Bonchev–Trinajstić information content (AvgIpc) is 2.78.